The van der Waals surface area contributed by atoms with E-state index in [4.69, 9.17) is 4.74 Å². The number of ether oxygens (including phenoxy) is 1. The number of nitrogens with one attached hydrogen (secondary N) is 2. The topological polar surface area (TPSA) is 67.4 Å². The average Bonchev–Trinajstić information content (AvgIpc) is 2.86. The molecule has 0 aliphatic carbocycles. The highest BCUT2D eigenvalue weighted by atomic mass is 16.5. The largest absolute Gasteiger partial charge is 0.444 e. The van der Waals surface area contributed by atoms with E-state index in [1.165, 1.54) is 0 Å². The van der Waals surface area contributed by atoms with Crippen molar-refractivity contribution in [3.05, 3.63) is 35.9 Å². The van der Waals surface area contributed by atoms with Crippen LogP contribution in [-0.2, 0) is 16.1 Å². The molecular formula is C14H18N2O3. The zero-order valence-corrected chi connectivity index (χ0v) is 10.9. The molecule has 1 aliphatic heterocycles. The number of amides is 2. The van der Waals surface area contributed by atoms with Crippen LogP contribution in [0.1, 0.15) is 25.3 Å². The maximum atomic E-state index is 11.9. The molecule has 0 spiro atoms. The molecule has 1 aromatic carbocycles. The van der Waals surface area contributed by atoms with E-state index < -0.39 is 11.6 Å². The van der Waals surface area contributed by atoms with Crippen LogP contribution in [0.15, 0.2) is 30.3 Å². The first-order valence-electron chi connectivity index (χ1n) is 6.37. The van der Waals surface area contributed by atoms with Gasteiger partial charge in [-0.15, -0.1) is 0 Å². The van der Waals surface area contributed by atoms with Crippen LogP contribution in [0.25, 0.3) is 0 Å². The molecule has 1 saturated heterocycles. The maximum absolute atomic E-state index is 11.9. The lowest BCUT2D eigenvalue weighted by Gasteiger charge is -2.22. The van der Waals surface area contributed by atoms with Gasteiger partial charge in [0.1, 0.15) is 6.61 Å². The van der Waals surface area contributed by atoms with Gasteiger partial charge in [0.05, 0.1) is 5.54 Å². The lowest BCUT2D eigenvalue weighted by Crippen LogP contribution is -2.52. The Labute approximate surface area is 112 Å². The minimum Gasteiger partial charge on any atom is -0.444 e. The second-order valence-electron chi connectivity index (χ2n) is 4.88. The van der Waals surface area contributed by atoms with E-state index in [0.717, 1.165) is 24.9 Å². The lowest BCUT2D eigenvalue weighted by atomic mass is 10.00. The van der Waals surface area contributed by atoms with E-state index >= 15 is 0 Å². The van der Waals surface area contributed by atoms with Crippen LogP contribution in [0, 0.1) is 0 Å². The van der Waals surface area contributed by atoms with Gasteiger partial charge < -0.3 is 10.1 Å². The summed E-state index contributed by atoms with van der Waals surface area (Å²) >= 11 is 0. The van der Waals surface area contributed by atoms with Crippen LogP contribution in [-0.4, -0.2) is 24.1 Å². The molecule has 0 radical (unpaired) electrons. The van der Waals surface area contributed by atoms with E-state index in [-0.39, 0.29) is 12.5 Å². The Kier molecular flexibility index (Phi) is 4.16. The fraction of sp³-hybridized carbons (Fsp3) is 0.429. The number of carbonyl (C=O) groups excluding carboxylic acids is 2. The summed E-state index contributed by atoms with van der Waals surface area (Å²) in [5.74, 6) is -0.330. The third-order valence-electron chi connectivity index (χ3n) is 3.30. The molecule has 19 heavy (non-hydrogen) atoms. The summed E-state index contributed by atoms with van der Waals surface area (Å²) < 4.78 is 5.00. The van der Waals surface area contributed by atoms with Crippen molar-refractivity contribution in [1.82, 2.24) is 10.6 Å². The zero-order valence-electron chi connectivity index (χ0n) is 10.9. The van der Waals surface area contributed by atoms with Gasteiger partial charge in [-0.3, -0.25) is 10.1 Å². The van der Waals surface area contributed by atoms with Gasteiger partial charge in [-0.05, 0) is 31.9 Å². The van der Waals surface area contributed by atoms with Gasteiger partial charge in [-0.2, -0.15) is 0 Å². The molecule has 2 N–H and O–H groups in total. The second kappa shape index (κ2) is 5.84. The van der Waals surface area contributed by atoms with Gasteiger partial charge in [0.2, 0.25) is 5.91 Å². The molecule has 5 heteroatoms. The van der Waals surface area contributed by atoms with Crippen LogP contribution in [0.5, 0.6) is 0 Å². The van der Waals surface area contributed by atoms with Gasteiger partial charge in [-0.1, -0.05) is 30.3 Å². The molecule has 1 heterocycles. The van der Waals surface area contributed by atoms with Crippen molar-refractivity contribution in [1.29, 1.82) is 0 Å². The maximum Gasteiger partial charge on any atom is 0.414 e. The molecule has 102 valence electrons. The van der Waals surface area contributed by atoms with Gasteiger partial charge >= 0.3 is 6.09 Å². The Bertz CT molecular complexity index is 453. The third kappa shape index (κ3) is 3.54. The molecule has 0 unspecified atom stereocenters. The van der Waals surface area contributed by atoms with E-state index in [9.17, 15) is 9.59 Å². The van der Waals surface area contributed by atoms with Crippen LogP contribution in [0.2, 0.25) is 0 Å². The Morgan fingerprint density at radius 3 is 2.74 bits per heavy atom. The van der Waals surface area contributed by atoms with Gasteiger partial charge in [0, 0.05) is 0 Å². The standard InChI is InChI=1S/C14H18N2O3/c1-14(8-5-9-15-14)12(17)16-13(18)19-10-11-6-3-2-4-7-11/h2-4,6-7,15H,5,8-10H2,1H3,(H,16,17,18)/t14-/m1/s1. The molecule has 0 aromatic heterocycles. The molecule has 1 aliphatic rings. The molecule has 5 nitrogen and oxygen atoms in total. The quantitative estimate of drug-likeness (QED) is 0.868. The molecule has 2 amide bonds. The number of carbonyl (C=O) groups is 2. The van der Waals surface area contributed by atoms with E-state index in [0.29, 0.717) is 0 Å². The van der Waals surface area contributed by atoms with Crippen molar-refractivity contribution in [2.24, 2.45) is 0 Å². The zero-order chi connectivity index (χ0) is 13.7. The summed E-state index contributed by atoms with van der Waals surface area (Å²) in [4.78, 5) is 23.5. The minimum atomic E-state index is -0.705. The van der Waals surface area contributed by atoms with Crippen LogP contribution in [0.3, 0.4) is 0 Å². The smallest absolute Gasteiger partial charge is 0.414 e. The molecule has 0 saturated carbocycles. The first-order chi connectivity index (χ1) is 9.10. The van der Waals surface area contributed by atoms with Crippen molar-refractivity contribution in [3.8, 4) is 0 Å². The highest BCUT2D eigenvalue weighted by Crippen LogP contribution is 2.18. The predicted octanol–water partition coefficient (Wildman–Crippen LogP) is 1.58. The van der Waals surface area contributed by atoms with Crippen molar-refractivity contribution in [3.63, 3.8) is 0 Å². The summed E-state index contributed by atoms with van der Waals surface area (Å²) in [6.07, 6.45) is 0.956. The highest BCUT2D eigenvalue weighted by Gasteiger charge is 2.36. The first kappa shape index (κ1) is 13.5. The normalized spacial score (nSPS) is 21.9. The molecule has 1 atom stereocenters. The van der Waals surface area contributed by atoms with Gasteiger partial charge in [-0.25, -0.2) is 4.79 Å². The summed E-state index contributed by atoms with van der Waals surface area (Å²) in [6.45, 7) is 2.74. The Balaban J connectivity index is 1.80. The fourth-order valence-electron chi connectivity index (χ4n) is 2.08. The van der Waals surface area contributed by atoms with Crippen molar-refractivity contribution < 1.29 is 14.3 Å². The molecule has 0 bridgehead atoms. The van der Waals surface area contributed by atoms with Gasteiger partial charge in [0.25, 0.3) is 0 Å². The number of benzene rings is 1. The first-order valence-corrected chi connectivity index (χ1v) is 6.37. The van der Waals surface area contributed by atoms with Crippen LogP contribution >= 0.6 is 0 Å². The van der Waals surface area contributed by atoms with E-state index in [2.05, 4.69) is 10.6 Å². The van der Waals surface area contributed by atoms with Crippen LogP contribution in [0.4, 0.5) is 4.79 Å². The molecular weight excluding hydrogens is 244 g/mol. The summed E-state index contributed by atoms with van der Waals surface area (Å²) in [5.41, 5.74) is 0.224. The molecule has 2 rings (SSSR count). The lowest BCUT2D eigenvalue weighted by molar-refractivity contribution is -0.125. The number of rotatable bonds is 3. The van der Waals surface area contributed by atoms with Crippen LogP contribution < -0.4 is 10.6 Å². The Morgan fingerprint density at radius 2 is 2.11 bits per heavy atom. The number of alkyl carbamates (subject to hydrolysis) is 1. The third-order valence-corrected chi connectivity index (χ3v) is 3.30. The second-order valence-corrected chi connectivity index (χ2v) is 4.88. The molecule has 1 fully saturated rings. The molecule has 1 aromatic rings. The fourth-order valence-corrected chi connectivity index (χ4v) is 2.08. The SMILES string of the molecule is C[C@]1(C(=O)NC(=O)OCc2ccccc2)CCCN1. The number of hydrogen-bond acceptors (Lipinski definition) is 4. The van der Waals surface area contributed by atoms with E-state index in [1.807, 2.05) is 30.3 Å². The minimum absolute atomic E-state index is 0.157. The van der Waals surface area contributed by atoms with Crippen molar-refractivity contribution >= 4 is 12.0 Å². The van der Waals surface area contributed by atoms with Crippen molar-refractivity contribution in [2.75, 3.05) is 6.54 Å². The van der Waals surface area contributed by atoms with Crippen molar-refractivity contribution in [2.45, 2.75) is 31.9 Å². The monoisotopic (exact) mass is 262 g/mol. The summed E-state index contributed by atoms with van der Waals surface area (Å²) in [5, 5.41) is 5.36. The number of imide groups is 1. The van der Waals surface area contributed by atoms with Gasteiger partial charge in [0.15, 0.2) is 0 Å². The number of hydrogen-bond donors (Lipinski definition) is 2. The highest BCUT2D eigenvalue weighted by molar-refractivity contribution is 5.97. The predicted molar refractivity (Wildman–Crippen MR) is 70.4 cm³/mol. The Morgan fingerprint density at radius 1 is 1.37 bits per heavy atom. The summed E-state index contributed by atoms with van der Waals surface area (Å²) in [7, 11) is 0. The average molecular weight is 262 g/mol. The van der Waals surface area contributed by atoms with E-state index in [1.54, 1.807) is 6.92 Å². The Hall–Kier alpha value is -1.88. The summed E-state index contributed by atoms with van der Waals surface area (Å²) in [6, 6.07) is 9.33.